The molecule has 17 nitrogen and oxygen atoms in total. The number of carbonyl (C=O) groups is 4. The van der Waals surface area contributed by atoms with Crippen LogP contribution in [0.25, 0.3) is 0 Å². The Labute approximate surface area is 364 Å². The number of ether oxygens (including phenoxy) is 8. The third-order valence-corrected chi connectivity index (χ3v) is 12.6. The van der Waals surface area contributed by atoms with Crippen LogP contribution >= 0.6 is 0 Å². The van der Waals surface area contributed by atoms with Crippen LogP contribution in [-0.2, 0) is 57.1 Å². The number of nitrogens with zero attached hydrogens (tertiary/aromatic N) is 1. The molecule has 0 unspecified atom stereocenters. The summed E-state index contributed by atoms with van der Waals surface area (Å²) >= 11 is 0. The first-order chi connectivity index (χ1) is 30.2. The molecule has 3 aliphatic heterocycles. The normalized spacial score (nSPS) is 45.7. The highest BCUT2D eigenvalue weighted by Crippen LogP contribution is 2.41. The monoisotopic (exact) mass is 868 g/mol. The Hall–Kier alpha value is -2.32. The van der Waals surface area contributed by atoms with Gasteiger partial charge in [-0.05, 0) is 81.7 Å². The van der Waals surface area contributed by atoms with Crippen molar-refractivity contribution in [3.05, 3.63) is 0 Å². The van der Waals surface area contributed by atoms with E-state index in [4.69, 9.17) is 46.1 Å². The SMILES string of the molecule is [2H]C([2H])([2H])N([C@H]1C[C@@H](C)O[C@@H](O[C@@H]2[C@@H](C)[C@H](O[C@H]3C[C@@](C)(OC)[C@@H](O)[C@H](C)O3)[C@@H](C)C(=O)O[C@H](CC)[C@@](C)(O)[C@H](O)[C@@H](C)C(=O)[C@H](C)C[C@@]2(C)O)[C@@H]1OC(=O)CCC(=O)OCC)C([2H])([2H])[2H]. The molecule has 0 amide bonds. The van der Waals surface area contributed by atoms with Crippen molar-refractivity contribution in [1.29, 1.82) is 0 Å². The molecule has 0 aromatic carbocycles. The van der Waals surface area contributed by atoms with Crippen LogP contribution < -0.4 is 0 Å². The fourth-order valence-electron chi connectivity index (χ4n) is 8.92. The summed E-state index contributed by atoms with van der Waals surface area (Å²) in [6.07, 6.45) is -15.7. The van der Waals surface area contributed by atoms with Gasteiger partial charge in [0, 0.05) is 39.5 Å². The van der Waals surface area contributed by atoms with Crippen LogP contribution in [0.4, 0.5) is 0 Å². The number of cyclic esters (lactones) is 1. The smallest absolute Gasteiger partial charge is 0.311 e. The first-order valence-electron chi connectivity index (χ1n) is 24.0. The lowest BCUT2D eigenvalue weighted by atomic mass is 9.74. The Morgan fingerprint density at radius 1 is 0.883 bits per heavy atom. The maximum absolute atomic E-state index is 14.4. The average Bonchev–Trinajstić information content (AvgIpc) is 3.20. The van der Waals surface area contributed by atoms with Crippen LogP contribution in [0.2, 0.25) is 0 Å². The fraction of sp³-hybridized carbons (Fsp3) is 0.907. The molecule has 17 heteroatoms. The highest BCUT2D eigenvalue weighted by molar-refractivity contribution is 5.83. The molecule has 3 fully saturated rings. The van der Waals surface area contributed by atoms with E-state index in [0.717, 1.165) is 0 Å². The highest BCUT2D eigenvalue weighted by atomic mass is 16.7. The van der Waals surface area contributed by atoms with Crippen molar-refractivity contribution in [2.24, 2.45) is 23.7 Å². The summed E-state index contributed by atoms with van der Waals surface area (Å²) < 4.78 is 97.8. The average molecular weight is 868 g/mol. The van der Waals surface area contributed by atoms with Crippen molar-refractivity contribution >= 4 is 23.7 Å². The van der Waals surface area contributed by atoms with Gasteiger partial charge in [-0.1, -0.05) is 27.7 Å². The van der Waals surface area contributed by atoms with E-state index < -0.39 is 165 Å². The van der Waals surface area contributed by atoms with Crippen molar-refractivity contribution in [2.75, 3.05) is 27.7 Å². The zero-order valence-corrected chi connectivity index (χ0v) is 37.2. The Morgan fingerprint density at radius 3 is 2.10 bits per heavy atom. The second kappa shape index (κ2) is 21.4. The lowest BCUT2D eigenvalue weighted by Crippen LogP contribution is -2.61. The van der Waals surface area contributed by atoms with Crippen LogP contribution in [0.3, 0.4) is 0 Å². The Bertz CT molecular complexity index is 1640. The lowest BCUT2D eigenvalue weighted by molar-refractivity contribution is -0.319. The van der Waals surface area contributed by atoms with E-state index in [1.54, 1.807) is 34.6 Å². The van der Waals surface area contributed by atoms with Crippen molar-refractivity contribution in [2.45, 2.75) is 199 Å². The molecule has 3 heterocycles. The molecule has 0 aromatic rings. The molecule has 4 N–H and O–H groups in total. The maximum atomic E-state index is 14.4. The van der Waals surface area contributed by atoms with Crippen LogP contribution in [0, 0.1) is 23.7 Å². The molecule has 0 aromatic heterocycles. The maximum Gasteiger partial charge on any atom is 0.311 e. The van der Waals surface area contributed by atoms with Gasteiger partial charge in [0.05, 0.1) is 73.1 Å². The van der Waals surface area contributed by atoms with E-state index in [1.165, 1.54) is 48.7 Å². The third-order valence-electron chi connectivity index (χ3n) is 12.6. The van der Waals surface area contributed by atoms with Crippen molar-refractivity contribution < 1.29 is 85.7 Å². The van der Waals surface area contributed by atoms with Gasteiger partial charge in [0.25, 0.3) is 0 Å². The second-order valence-electron chi connectivity index (χ2n) is 17.6. The van der Waals surface area contributed by atoms with Gasteiger partial charge in [-0.2, -0.15) is 0 Å². The third kappa shape index (κ3) is 12.2. The van der Waals surface area contributed by atoms with Gasteiger partial charge >= 0.3 is 17.9 Å². The van der Waals surface area contributed by atoms with E-state index in [0.29, 0.717) is 0 Å². The summed E-state index contributed by atoms with van der Waals surface area (Å²) in [5, 5.41) is 47.0. The largest absolute Gasteiger partial charge is 0.466 e. The summed E-state index contributed by atoms with van der Waals surface area (Å²) in [6, 6.07) is -1.65. The fourth-order valence-corrected chi connectivity index (χ4v) is 8.92. The predicted octanol–water partition coefficient (Wildman–Crippen LogP) is 2.68. The zero-order chi connectivity index (χ0) is 50.7. The molecular weight excluding hydrogens is 786 g/mol. The Morgan fingerprint density at radius 2 is 1.52 bits per heavy atom. The van der Waals surface area contributed by atoms with Crippen molar-refractivity contribution in [1.82, 2.24) is 4.90 Å². The number of aliphatic hydroxyl groups excluding tert-OH is 2. The van der Waals surface area contributed by atoms with Gasteiger partial charge < -0.3 is 63.2 Å². The minimum Gasteiger partial charge on any atom is -0.466 e. The van der Waals surface area contributed by atoms with Crippen LogP contribution in [0.1, 0.15) is 123 Å². The molecule has 0 radical (unpaired) electrons. The van der Waals surface area contributed by atoms with E-state index in [-0.39, 0.29) is 30.8 Å². The molecule has 18 atom stereocenters. The number of hydrogen-bond donors (Lipinski definition) is 4. The summed E-state index contributed by atoms with van der Waals surface area (Å²) in [4.78, 5) is 54.5. The molecule has 0 aliphatic carbocycles. The van der Waals surface area contributed by atoms with Gasteiger partial charge in [0.2, 0.25) is 0 Å². The number of likely N-dealkylation sites (N-methyl/N-ethyl adjacent to an activating group) is 1. The van der Waals surface area contributed by atoms with Crippen LogP contribution in [0.5, 0.6) is 0 Å². The Kier molecular flexibility index (Phi) is 15.3. The van der Waals surface area contributed by atoms with Gasteiger partial charge in [-0.25, -0.2) is 0 Å². The number of ketones is 1. The summed E-state index contributed by atoms with van der Waals surface area (Å²) in [7, 11) is 1.40. The van der Waals surface area contributed by atoms with Gasteiger partial charge in [0.1, 0.15) is 23.6 Å². The van der Waals surface area contributed by atoms with Crippen molar-refractivity contribution in [3.63, 3.8) is 0 Å². The Balaban J connectivity index is 2.33. The summed E-state index contributed by atoms with van der Waals surface area (Å²) in [5.41, 5.74) is -5.51. The number of aliphatic hydroxyl groups is 4. The molecule has 0 bridgehead atoms. The zero-order valence-electron chi connectivity index (χ0n) is 43.2. The lowest BCUT2D eigenvalue weighted by Gasteiger charge is -2.49. The van der Waals surface area contributed by atoms with E-state index in [2.05, 4.69) is 0 Å². The van der Waals surface area contributed by atoms with Gasteiger partial charge in [-0.3, -0.25) is 19.2 Å². The molecule has 0 spiro atoms. The first kappa shape index (κ1) is 43.0. The first-order valence-corrected chi connectivity index (χ1v) is 21.0. The van der Waals surface area contributed by atoms with E-state index >= 15 is 0 Å². The number of methoxy groups -OCH3 is 1. The molecule has 3 saturated heterocycles. The highest BCUT2D eigenvalue weighted by Gasteiger charge is 2.54. The molecule has 60 heavy (non-hydrogen) atoms. The molecule has 348 valence electrons. The van der Waals surface area contributed by atoms with Crippen molar-refractivity contribution in [3.8, 4) is 0 Å². The molecule has 3 rings (SSSR count). The second-order valence-corrected chi connectivity index (χ2v) is 17.6. The van der Waals surface area contributed by atoms with E-state index in [1.807, 2.05) is 0 Å². The summed E-state index contributed by atoms with van der Waals surface area (Å²) in [5.74, 6) is -8.15. The number of hydrogen-bond acceptors (Lipinski definition) is 17. The van der Waals surface area contributed by atoms with Crippen LogP contribution in [-0.4, -0.2) is 161 Å². The van der Waals surface area contributed by atoms with Gasteiger partial charge in [0.15, 0.2) is 18.7 Å². The summed E-state index contributed by atoms with van der Waals surface area (Å²) in [6.45, 7) is 9.83. The number of esters is 3. The van der Waals surface area contributed by atoms with E-state index in [9.17, 15) is 39.6 Å². The predicted molar refractivity (Wildman–Crippen MR) is 216 cm³/mol. The number of carbonyl (C=O) groups excluding carboxylic acids is 4. The molecule has 3 aliphatic rings. The molecule has 0 saturated carbocycles. The number of rotatable bonds is 12. The van der Waals surface area contributed by atoms with Gasteiger partial charge in [-0.15, -0.1) is 0 Å². The van der Waals surface area contributed by atoms with Crippen LogP contribution in [0.15, 0.2) is 0 Å². The standard InChI is InChI=1S/C43H75NO16/c1-15-29-43(11,52)36(48)24(5)33(47)22(3)20-41(9,51)38(25(6)34(26(7)39(50)57-29)59-32-21-42(10,53-14)37(49)27(8)56-32)60-40-35(28(44(12)13)19-23(4)55-40)58-31(46)18-17-30(45)54-16-2/h22-29,32,34-38,40,48-49,51-52H,15-21H2,1-14H3/t22-,23-,24+,25+,26-,27+,28+,29-,32+,34+,35-,36-,37+,38-,40+,41-,42-,43-/m1/s1/i12D3,13D3. The topological polar surface area (TPSA) is 226 Å². The minimum absolute atomic E-state index is 0.00954. The quantitative estimate of drug-likeness (QED) is 0.163. The number of Topliss-reactive ketones (excluding diaryl/α,β-unsaturated/α-hetero) is 1. The minimum atomic E-state index is -3.30. The molecular formula is C43H75NO16.